The van der Waals surface area contributed by atoms with E-state index in [1.807, 2.05) is 18.0 Å². The third kappa shape index (κ3) is 3.33. The van der Waals surface area contributed by atoms with Crippen LogP contribution in [-0.2, 0) is 4.79 Å². The molecule has 2 unspecified atom stereocenters. The van der Waals surface area contributed by atoms with E-state index < -0.39 is 0 Å². The van der Waals surface area contributed by atoms with Crippen molar-refractivity contribution in [1.82, 2.24) is 10.2 Å². The molecule has 3 nitrogen and oxygen atoms in total. The number of hydrogen-bond acceptors (Lipinski definition) is 3. The molecule has 1 aliphatic heterocycles. The van der Waals surface area contributed by atoms with Gasteiger partial charge in [-0.15, -0.1) is 11.3 Å². The van der Waals surface area contributed by atoms with E-state index in [2.05, 4.69) is 23.7 Å². The number of nitrogens with zero attached hydrogens (tertiary/aromatic N) is 1. The molecule has 0 aliphatic carbocycles. The highest BCUT2D eigenvalue weighted by Gasteiger charge is 2.20. The summed E-state index contributed by atoms with van der Waals surface area (Å²) in [5.74, 6) is 0.960. The molecule has 4 heteroatoms. The van der Waals surface area contributed by atoms with Crippen LogP contribution in [0.25, 0.3) is 0 Å². The van der Waals surface area contributed by atoms with Crippen LogP contribution in [-0.4, -0.2) is 30.9 Å². The van der Waals surface area contributed by atoms with Crippen molar-refractivity contribution in [2.24, 2.45) is 5.92 Å². The van der Waals surface area contributed by atoms with Crippen LogP contribution in [0.4, 0.5) is 0 Å². The largest absolute Gasteiger partial charge is 0.338 e. The van der Waals surface area contributed by atoms with Gasteiger partial charge < -0.3 is 10.2 Å². The van der Waals surface area contributed by atoms with Gasteiger partial charge in [0, 0.05) is 18.3 Å². The molecule has 0 aromatic carbocycles. The highest BCUT2D eigenvalue weighted by Crippen LogP contribution is 2.24. The molecule has 1 fully saturated rings. The van der Waals surface area contributed by atoms with E-state index in [9.17, 15) is 4.79 Å². The second-order valence-electron chi connectivity index (χ2n) is 5.09. The van der Waals surface area contributed by atoms with Crippen molar-refractivity contribution < 1.29 is 4.79 Å². The van der Waals surface area contributed by atoms with Gasteiger partial charge in [-0.3, -0.25) is 4.79 Å². The third-order valence-corrected chi connectivity index (χ3v) is 4.90. The molecule has 1 saturated heterocycles. The summed E-state index contributed by atoms with van der Waals surface area (Å²) >= 11 is 1.72. The van der Waals surface area contributed by atoms with Gasteiger partial charge in [0.25, 0.3) is 0 Å². The summed E-state index contributed by atoms with van der Waals surface area (Å²) in [5.41, 5.74) is 0. The van der Waals surface area contributed by atoms with Crippen LogP contribution < -0.4 is 5.32 Å². The molecular weight excluding hydrogens is 244 g/mol. The number of amides is 1. The molecule has 0 radical (unpaired) electrons. The molecule has 18 heavy (non-hydrogen) atoms. The number of nitrogens with one attached hydrogen (secondary N) is 1. The van der Waals surface area contributed by atoms with Gasteiger partial charge in [-0.1, -0.05) is 6.07 Å². The Kier molecular flexibility index (Phi) is 4.78. The maximum atomic E-state index is 12.1. The van der Waals surface area contributed by atoms with Gasteiger partial charge in [0.15, 0.2) is 0 Å². The van der Waals surface area contributed by atoms with Gasteiger partial charge in [-0.25, -0.2) is 0 Å². The Morgan fingerprint density at radius 3 is 3.11 bits per heavy atom. The first-order valence-corrected chi connectivity index (χ1v) is 7.56. The Bertz CT molecular complexity index is 371. The molecule has 2 atom stereocenters. The van der Waals surface area contributed by atoms with Gasteiger partial charge in [-0.05, 0) is 50.2 Å². The highest BCUT2D eigenvalue weighted by atomic mass is 32.1. The summed E-state index contributed by atoms with van der Waals surface area (Å²) in [7, 11) is 1.92. The maximum absolute atomic E-state index is 12.1. The number of rotatable bonds is 5. The van der Waals surface area contributed by atoms with Crippen molar-refractivity contribution in [3.63, 3.8) is 0 Å². The van der Waals surface area contributed by atoms with Crippen LogP contribution in [0, 0.1) is 5.92 Å². The smallest absolute Gasteiger partial charge is 0.222 e. The van der Waals surface area contributed by atoms with Crippen LogP contribution in [0.5, 0.6) is 0 Å². The monoisotopic (exact) mass is 266 g/mol. The van der Waals surface area contributed by atoms with Crippen LogP contribution in [0.3, 0.4) is 0 Å². The summed E-state index contributed by atoms with van der Waals surface area (Å²) in [6.45, 7) is 4.29. The molecule has 1 aromatic rings. The molecule has 1 aromatic heterocycles. The van der Waals surface area contributed by atoms with Crippen molar-refractivity contribution in [3.05, 3.63) is 22.4 Å². The minimum absolute atomic E-state index is 0.194. The summed E-state index contributed by atoms with van der Waals surface area (Å²) in [4.78, 5) is 15.3. The fourth-order valence-electron chi connectivity index (χ4n) is 2.40. The van der Waals surface area contributed by atoms with Gasteiger partial charge >= 0.3 is 0 Å². The Balaban J connectivity index is 1.80. The zero-order valence-corrected chi connectivity index (χ0v) is 12.0. The van der Waals surface area contributed by atoms with Crippen LogP contribution in [0.15, 0.2) is 17.5 Å². The Morgan fingerprint density at radius 2 is 2.50 bits per heavy atom. The van der Waals surface area contributed by atoms with Crippen molar-refractivity contribution >= 4 is 17.2 Å². The quantitative estimate of drug-likeness (QED) is 0.888. The topological polar surface area (TPSA) is 32.3 Å². The average molecular weight is 266 g/mol. The summed E-state index contributed by atoms with van der Waals surface area (Å²) in [6, 6.07) is 4.33. The number of carbonyl (C=O) groups is 1. The molecule has 1 N–H and O–H groups in total. The number of carbonyl (C=O) groups excluding carboxylic acids is 1. The van der Waals surface area contributed by atoms with E-state index in [0.29, 0.717) is 12.3 Å². The van der Waals surface area contributed by atoms with E-state index in [0.717, 1.165) is 19.5 Å². The predicted molar refractivity (Wildman–Crippen MR) is 75.7 cm³/mol. The number of thiophene rings is 1. The minimum Gasteiger partial charge on any atom is -0.338 e. The molecule has 2 heterocycles. The lowest BCUT2D eigenvalue weighted by atomic mass is 10.0. The third-order valence-electron chi connectivity index (χ3n) is 3.86. The first kappa shape index (κ1) is 13.6. The van der Waals surface area contributed by atoms with E-state index in [-0.39, 0.29) is 11.9 Å². The molecular formula is C14H22N2OS. The van der Waals surface area contributed by atoms with Gasteiger partial charge in [0.05, 0.1) is 6.04 Å². The van der Waals surface area contributed by atoms with Gasteiger partial charge in [0.2, 0.25) is 5.91 Å². The molecule has 1 amide bonds. The van der Waals surface area contributed by atoms with Crippen LogP contribution in [0.2, 0.25) is 0 Å². The fraction of sp³-hybridized carbons (Fsp3) is 0.643. The van der Waals surface area contributed by atoms with Crippen molar-refractivity contribution in [2.45, 2.75) is 32.2 Å². The lowest BCUT2D eigenvalue weighted by Gasteiger charge is -2.24. The lowest BCUT2D eigenvalue weighted by Crippen LogP contribution is -2.29. The average Bonchev–Trinajstić information content (AvgIpc) is 3.06. The summed E-state index contributed by atoms with van der Waals surface area (Å²) in [5, 5.41) is 5.41. The molecule has 2 rings (SSSR count). The minimum atomic E-state index is 0.194. The zero-order chi connectivity index (χ0) is 13.0. The van der Waals surface area contributed by atoms with Crippen molar-refractivity contribution in [3.8, 4) is 0 Å². The first-order valence-electron chi connectivity index (χ1n) is 6.68. The standard InChI is InChI=1S/C14H22N2OS/c1-11(13-4-3-9-18-13)16(2)14(17)6-5-12-7-8-15-10-12/h3-4,9,11-12,15H,5-8,10H2,1-2H3. The van der Waals surface area contributed by atoms with E-state index in [4.69, 9.17) is 0 Å². The predicted octanol–water partition coefficient (Wildman–Crippen LogP) is 2.66. The molecule has 100 valence electrons. The Morgan fingerprint density at radius 1 is 1.67 bits per heavy atom. The molecule has 0 spiro atoms. The second kappa shape index (κ2) is 6.34. The molecule has 1 aliphatic rings. The molecule has 0 bridgehead atoms. The normalized spacial score (nSPS) is 20.9. The van der Waals surface area contributed by atoms with Crippen LogP contribution >= 0.6 is 11.3 Å². The fourth-order valence-corrected chi connectivity index (χ4v) is 3.23. The lowest BCUT2D eigenvalue weighted by molar-refractivity contribution is -0.132. The molecule has 0 saturated carbocycles. The van der Waals surface area contributed by atoms with Crippen LogP contribution in [0.1, 0.15) is 37.1 Å². The second-order valence-corrected chi connectivity index (χ2v) is 6.07. The van der Waals surface area contributed by atoms with E-state index in [1.54, 1.807) is 11.3 Å². The maximum Gasteiger partial charge on any atom is 0.222 e. The van der Waals surface area contributed by atoms with E-state index in [1.165, 1.54) is 11.3 Å². The van der Waals surface area contributed by atoms with Crippen molar-refractivity contribution in [1.29, 1.82) is 0 Å². The van der Waals surface area contributed by atoms with Gasteiger partial charge in [0.1, 0.15) is 0 Å². The highest BCUT2D eigenvalue weighted by molar-refractivity contribution is 7.10. The van der Waals surface area contributed by atoms with Crippen molar-refractivity contribution in [2.75, 3.05) is 20.1 Å². The Hall–Kier alpha value is -0.870. The van der Waals surface area contributed by atoms with E-state index >= 15 is 0 Å². The number of hydrogen-bond donors (Lipinski definition) is 1. The zero-order valence-electron chi connectivity index (χ0n) is 11.2. The first-order chi connectivity index (χ1) is 8.68. The summed E-state index contributed by atoms with van der Waals surface area (Å²) < 4.78 is 0. The summed E-state index contributed by atoms with van der Waals surface area (Å²) in [6.07, 6.45) is 2.92. The SMILES string of the molecule is CC(c1cccs1)N(C)C(=O)CCC1CCNC1. The Labute approximate surface area is 113 Å². The van der Waals surface area contributed by atoms with Gasteiger partial charge in [-0.2, -0.15) is 0 Å².